The second-order valence-corrected chi connectivity index (χ2v) is 5.57. The Morgan fingerprint density at radius 3 is 2.84 bits per heavy atom. The molecule has 3 rings (SSSR count). The van der Waals surface area contributed by atoms with E-state index in [9.17, 15) is 0 Å². The third-order valence-electron chi connectivity index (χ3n) is 3.95. The molecule has 0 aromatic carbocycles. The van der Waals surface area contributed by atoms with Crippen LogP contribution in [0.5, 0.6) is 5.88 Å². The van der Waals surface area contributed by atoms with Gasteiger partial charge in [0.25, 0.3) is 0 Å². The van der Waals surface area contributed by atoms with Gasteiger partial charge in [0, 0.05) is 12.1 Å². The van der Waals surface area contributed by atoms with Crippen LogP contribution in [-0.4, -0.2) is 21.6 Å². The largest absolute Gasteiger partial charge is 0.481 e. The maximum atomic E-state index is 6.05. The van der Waals surface area contributed by atoms with E-state index in [0.29, 0.717) is 17.8 Å². The first-order valence-electron chi connectivity index (χ1n) is 6.70. The summed E-state index contributed by atoms with van der Waals surface area (Å²) in [5.41, 5.74) is 1.80. The minimum Gasteiger partial charge on any atom is -0.481 e. The van der Waals surface area contributed by atoms with Gasteiger partial charge in [0.05, 0.1) is 13.0 Å². The molecular weight excluding hydrogens is 262 g/mol. The lowest BCUT2D eigenvalue weighted by Crippen LogP contribution is -2.09. The van der Waals surface area contributed by atoms with Gasteiger partial charge >= 0.3 is 0 Å². The molecule has 2 heterocycles. The van der Waals surface area contributed by atoms with Crippen LogP contribution in [0.2, 0.25) is 0 Å². The number of hydrogen-bond acceptors (Lipinski definition) is 3. The maximum absolute atomic E-state index is 6.05. The average Bonchev–Trinajstić information content (AvgIpc) is 3.00. The monoisotopic (exact) mass is 279 g/mol. The molecule has 102 valence electrons. The molecule has 0 spiro atoms. The number of imidazole rings is 1. The lowest BCUT2D eigenvalue weighted by molar-refractivity contribution is 0.398. The van der Waals surface area contributed by atoms with Gasteiger partial charge in [-0.05, 0) is 31.2 Å². The average molecular weight is 280 g/mol. The smallest absolute Gasteiger partial charge is 0.215 e. The number of hydrogen-bond donors (Lipinski definition) is 0. The lowest BCUT2D eigenvalue weighted by atomic mass is 10.1. The Balaban J connectivity index is 2.13. The number of pyridine rings is 1. The van der Waals surface area contributed by atoms with E-state index in [2.05, 4.69) is 21.5 Å². The first-order valence-corrected chi connectivity index (χ1v) is 7.24. The maximum Gasteiger partial charge on any atom is 0.215 e. The van der Waals surface area contributed by atoms with Crippen LogP contribution in [0.3, 0.4) is 0 Å². The molecule has 4 nitrogen and oxygen atoms in total. The van der Waals surface area contributed by atoms with Gasteiger partial charge in [-0.25, -0.2) is 4.98 Å². The van der Waals surface area contributed by atoms with Crippen molar-refractivity contribution in [1.29, 1.82) is 0 Å². The summed E-state index contributed by atoms with van der Waals surface area (Å²) in [5.74, 6) is 2.72. The highest BCUT2D eigenvalue weighted by Gasteiger charge is 2.27. The lowest BCUT2D eigenvalue weighted by Gasteiger charge is -2.15. The van der Waals surface area contributed by atoms with E-state index >= 15 is 0 Å². The predicted molar refractivity (Wildman–Crippen MR) is 75.7 cm³/mol. The van der Waals surface area contributed by atoms with E-state index in [1.165, 1.54) is 19.3 Å². The molecule has 19 heavy (non-hydrogen) atoms. The molecule has 0 aliphatic heterocycles. The fourth-order valence-corrected chi connectivity index (χ4v) is 3.20. The predicted octanol–water partition coefficient (Wildman–Crippen LogP) is 3.54. The van der Waals surface area contributed by atoms with Gasteiger partial charge in [-0.1, -0.05) is 6.92 Å². The number of aromatic nitrogens is 3. The third kappa shape index (κ3) is 2.18. The van der Waals surface area contributed by atoms with Gasteiger partial charge in [-0.2, -0.15) is 4.98 Å². The minimum absolute atomic E-state index is 0.420. The zero-order valence-electron chi connectivity index (χ0n) is 11.3. The summed E-state index contributed by atoms with van der Waals surface area (Å²) in [5, 5.41) is 0. The van der Waals surface area contributed by atoms with Crippen molar-refractivity contribution < 1.29 is 4.74 Å². The van der Waals surface area contributed by atoms with Crippen LogP contribution in [0.25, 0.3) is 11.2 Å². The summed E-state index contributed by atoms with van der Waals surface area (Å²) >= 11 is 6.05. The molecule has 1 aliphatic rings. The third-order valence-corrected chi connectivity index (χ3v) is 4.18. The molecular formula is C14H18ClN3O. The Kier molecular flexibility index (Phi) is 3.35. The molecule has 0 saturated heterocycles. The molecule has 0 amide bonds. The Morgan fingerprint density at radius 1 is 1.37 bits per heavy atom. The standard InChI is InChI=1S/C14H18ClN3O/c1-9-3-4-10(7-9)18-12(8-15)16-11-5-6-13(19-2)17-14(11)18/h5-6,9-10H,3-4,7-8H2,1-2H3. The van der Waals surface area contributed by atoms with Gasteiger partial charge in [-0.15, -0.1) is 11.6 Å². The van der Waals surface area contributed by atoms with Crippen LogP contribution >= 0.6 is 11.6 Å². The number of rotatable bonds is 3. The summed E-state index contributed by atoms with van der Waals surface area (Å²) in [6.45, 7) is 2.30. The molecule has 0 N–H and O–H groups in total. The number of halogens is 1. The van der Waals surface area contributed by atoms with Crippen molar-refractivity contribution in [2.24, 2.45) is 5.92 Å². The summed E-state index contributed by atoms with van der Waals surface area (Å²) < 4.78 is 7.44. The summed E-state index contributed by atoms with van der Waals surface area (Å²) in [6, 6.07) is 4.26. The van der Waals surface area contributed by atoms with E-state index in [1.54, 1.807) is 7.11 Å². The molecule has 2 aromatic rings. The van der Waals surface area contributed by atoms with Gasteiger partial charge in [-0.3, -0.25) is 0 Å². The van der Waals surface area contributed by atoms with Crippen LogP contribution in [0.1, 0.15) is 38.1 Å². The van der Waals surface area contributed by atoms with Crippen molar-refractivity contribution in [3.05, 3.63) is 18.0 Å². The molecule has 1 aliphatic carbocycles. The van der Waals surface area contributed by atoms with Crippen LogP contribution in [0.4, 0.5) is 0 Å². The van der Waals surface area contributed by atoms with E-state index in [1.807, 2.05) is 12.1 Å². The van der Waals surface area contributed by atoms with Crippen LogP contribution in [0.15, 0.2) is 12.1 Å². The van der Waals surface area contributed by atoms with Crippen molar-refractivity contribution in [2.75, 3.05) is 7.11 Å². The quantitative estimate of drug-likeness (QED) is 0.807. The van der Waals surface area contributed by atoms with Gasteiger partial charge in [0.15, 0.2) is 5.65 Å². The molecule has 2 atom stereocenters. The Hall–Kier alpha value is -1.29. The van der Waals surface area contributed by atoms with E-state index in [0.717, 1.165) is 22.9 Å². The minimum atomic E-state index is 0.420. The summed E-state index contributed by atoms with van der Waals surface area (Å²) in [4.78, 5) is 9.14. The zero-order chi connectivity index (χ0) is 13.4. The van der Waals surface area contributed by atoms with Gasteiger partial charge in [0.1, 0.15) is 11.3 Å². The van der Waals surface area contributed by atoms with Crippen LogP contribution in [0, 0.1) is 5.92 Å². The van der Waals surface area contributed by atoms with Crippen molar-refractivity contribution in [1.82, 2.24) is 14.5 Å². The SMILES string of the molecule is COc1ccc2nc(CCl)n(C3CCC(C)C3)c2n1. The Labute approximate surface area is 117 Å². The number of nitrogens with zero attached hydrogens (tertiary/aromatic N) is 3. The van der Waals surface area contributed by atoms with Crippen molar-refractivity contribution in [3.8, 4) is 5.88 Å². The molecule has 1 saturated carbocycles. The molecule has 2 aromatic heterocycles. The van der Waals surface area contributed by atoms with E-state index in [4.69, 9.17) is 16.3 Å². The van der Waals surface area contributed by atoms with E-state index < -0.39 is 0 Å². The fourth-order valence-electron chi connectivity index (χ4n) is 3.01. The van der Waals surface area contributed by atoms with Crippen molar-refractivity contribution in [3.63, 3.8) is 0 Å². The second kappa shape index (κ2) is 5.00. The number of methoxy groups -OCH3 is 1. The highest BCUT2D eigenvalue weighted by Crippen LogP contribution is 2.37. The Bertz CT molecular complexity index is 596. The summed E-state index contributed by atoms with van der Waals surface area (Å²) in [7, 11) is 1.63. The zero-order valence-corrected chi connectivity index (χ0v) is 12.0. The number of ether oxygens (including phenoxy) is 1. The molecule has 1 fully saturated rings. The molecule has 5 heteroatoms. The molecule has 0 radical (unpaired) electrons. The first-order chi connectivity index (χ1) is 9.22. The van der Waals surface area contributed by atoms with Crippen molar-refractivity contribution in [2.45, 2.75) is 38.1 Å². The highest BCUT2D eigenvalue weighted by atomic mass is 35.5. The van der Waals surface area contributed by atoms with Crippen molar-refractivity contribution >= 4 is 22.8 Å². The number of fused-ring (bicyclic) bond motifs is 1. The normalized spacial score (nSPS) is 23.1. The van der Waals surface area contributed by atoms with E-state index in [-0.39, 0.29) is 0 Å². The molecule has 2 unspecified atom stereocenters. The molecule has 0 bridgehead atoms. The first kappa shape index (κ1) is 12.7. The highest BCUT2D eigenvalue weighted by molar-refractivity contribution is 6.16. The van der Waals surface area contributed by atoms with Crippen LogP contribution < -0.4 is 4.74 Å². The topological polar surface area (TPSA) is 39.9 Å². The Morgan fingerprint density at radius 2 is 2.21 bits per heavy atom. The van der Waals surface area contributed by atoms with Crippen LogP contribution in [-0.2, 0) is 5.88 Å². The number of alkyl halides is 1. The fraction of sp³-hybridized carbons (Fsp3) is 0.571. The summed E-state index contributed by atoms with van der Waals surface area (Å²) in [6.07, 6.45) is 3.61. The second-order valence-electron chi connectivity index (χ2n) is 5.30. The van der Waals surface area contributed by atoms with Gasteiger partial charge < -0.3 is 9.30 Å². The van der Waals surface area contributed by atoms with Gasteiger partial charge in [0.2, 0.25) is 5.88 Å².